The molecule has 2 atom stereocenters. The van der Waals surface area contributed by atoms with Gasteiger partial charge >= 0.3 is 0 Å². The molecular weight excluding hydrogens is 168 g/mol. The Hall–Kier alpha value is -0.520. The van der Waals surface area contributed by atoms with Crippen molar-refractivity contribution in [3.05, 3.63) is 24.8 Å². The predicted octanol–water partition coefficient (Wildman–Crippen LogP) is 4.83. The Morgan fingerprint density at radius 3 is 2.29 bits per heavy atom. The quantitative estimate of drug-likeness (QED) is 0.509. The maximum absolute atomic E-state index is 3.66. The van der Waals surface area contributed by atoms with Crippen molar-refractivity contribution in [2.24, 2.45) is 17.8 Å². The Bertz CT molecular complexity index is 165. The summed E-state index contributed by atoms with van der Waals surface area (Å²) in [6.45, 7) is 13.0. The Labute approximate surface area is 90.1 Å². The van der Waals surface area contributed by atoms with E-state index in [4.69, 9.17) is 0 Å². The van der Waals surface area contributed by atoms with Crippen molar-refractivity contribution in [3.8, 4) is 0 Å². The van der Waals surface area contributed by atoms with Crippen molar-refractivity contribution in [1.82, 2.24) is 0 Å². The summed E-state index contributed by atoms with van der Waals surface area (Å²) in [7, 11) is 0. The molecule has 0 saturated carbocycles. The molecule has 0 heterocycles. The van der Waals surface area contributed by atoms with Crippen LogP contribution in [0.15, 0.2) is 24.8 Å². The maximum Gasteiger partial charge on any atom is -0.0345 e. The fourth-order valence-corrected chi connectivity index (χ4v) is 1.60. The molecule has 0 fully saturated rings. The molecule has 0 aliphatic rings. The van der Waals surface area contributed by atoms with E-state index in [0.29, 0.717) is 0 Å². The minimum Gasteiger partial charge on any atom is -0.0991 e. The molecule has 0 rings (SSSR count). The lowest BCUT2D eigenvalue weighted by atomic mass is 9.87. The first kappa shape index (κ1) is 13.5. The van der Waals surface area contributed by atoms with Gasteiger partial charge in [-0.1, -0.05) is 52.5 Å². The normalized spacial score (nSPS) is 16.1. The maximum atomic E-state index is 3.66. The summed E-state index contributed by atoms with van der Waals surface area (Å²) in [6.07, 6.45) is 9.96. The first-order valence-electron chi connectivity index (χ1n) is 5.85. The minimum absolute atomic E-state index is 0.821. The van der Waals surface area contributed by atoms with Gasteiger partial charge in [0.1, 0.15) is 0 Å². The third-order valence-corrected chi connectivity index (χ3v) is 3.01. The lowest BCUT2D eigenvalue weighted by molar-refractivity contribution is 0.322. The highest BCUT2D eigenvalue weighted by Gasteiger charge is 2.10. The molecule has 0 saturated heterocycles. The zero-order valence-electron chi connectivity index (χ0n) is 10.3. The molecule has 0 spiro atoms. The molecular formula is C14H26. The molecule has 0 amide bonds. The van der Waals surface area contributed by atoms with Gasteiger partial charge in [0, 0.05) is 0 Å². The van der Waals surface area contributed by atoms with Crippen molar-refractivity contribution in [1.29, 1.82) is 0 Å². The highest BCUT2D eigenvalue weighted by Crippen LogP contribution is 2.22. The summed E-state index contributed by atoms with van der Waals surface area (Å²) >= 11 is 0. The molecule has 0 nitrogen and oxygen atoms in total. The Morgan fingerprint density at radius 1 is 1.14 bits per heavy atom. The van der Waals surface area contributed by atoms with Crippen molar-refractivity contribution in [2.75, 3.05) is 0 Å². The Kier molecular flexibility index (Phi) is 7.55. The van der Waals surface area contributed by atoms with Crippen LogP contribution < -0.4 is 0 Å². The molecule has 0 aliphatic heterocycles. The topological polar surface area (TPSA) is 0 Å². The molecule has 14 heavy (non-hydrogen) atoms. The first-order chi connectivity index (χ1) is 6.57. The van der Waals surface area contributed by atoms with Crippen molar-refractivity contribution in [3.63, 3.8) is 0 Å². The van der Waals surface area contributed by atoms with E-state index in [1.54, 1.807) is 0 Å². The van der Waals surface area contributed by atoms with Gasteiger partial charge in [-0.2, -0.15) is 0 Å². The summed E-state index contributed by atoms with van der Waals surface area (Å²) in [5.41, 5.74) is 0. The van der Waals surface area contributed by atoms with Crippen molar-refractivity contribution < 1.29 is 0 Å². The van der Waals surface area contributed by atoms with Crippen LogP contribution >= 0.6 is 0 Å². The highest BCUT2D eigenvalue weighted by atomic mass is 14.2. The summed E-state index contributed by atoms with van der Waals surface area (Å²) in [6, 6.07) is 0. The monoisotopic (exact) mass is 194 g/mol. The summed E-state index contributed by atoms with van der Waals surface area (Å²) < 4.78 is 0. The van der Waals surface area contributed by atoms with E-state index in [1.165, 1.54) is 19.3 Å². The highest BCUT2D eigenvalue weighted by molar-refractivity contribution is 4.96. The van der Waals surface area contributed by atoms with Crippen LogP contribution in [0.1, 0.15) is 47.0 Å². The molecule has 0 aromatic heterocycles. The number of allylic oxidation sites excluding steroid dienone is 3. The second-order valence-corrected chi connectivity index (χ2v) is 4.80. The SMILES string of the molecule is C=CC=CCCC(C)CC(C)C(C)C. The van der Waals surface area contributed by atoms with Crippen LogP contribution in [0.2, 0.25) is 0 Å². The molecule has 0 aromatic rings. The lowest BCUT2D eigenvalue weighted by Crippen LogP contribution is -2.08. The molecule has 0 bridgehead atoms. The second-order valence-electron chi connectivity index (χ2n) is 4.80. The van der Waals surface area contributed by atoms with E-state index in [2.05, 4.69) is 40.3 Å². The third kappa shape index (κ3) is 6.94. The average molecular weight is 194 g/mol. The number of rotatable bonds is 7. The van der Waals surface area contributed by atoms with Crippen LogP contribution in [0.4, 0.5) is 0 Å². The van der Waals surface area contributed by atoms with E-state index in [1.807, 2.05) is 12.2 Å². The fourth-order valence-electron chi connectivity index (χ4n) is 1.60. The third-order valence-electron chi connectivity index (χ3n) is 3.01. The minimum atomic E-state index is 0.821. The Morgan fingerprint density at radius 2 is 1.79 bits per heavy atom. The molecule has 82 valence electrons. The van der Waals surface area contributed by atoms with E-state index < -0.39 is 0 Å². The molecule has 2 unspecified atom stereocenters. The number of hydrogen-bond donors (Lipinski definition) is 0. The summed E-state index contributed by atoms with van der Waals surface area (Å²) in [5, 5.41) is 0. The lowest BCUT2D eigenvalue weighted by Gasteiger charge is -2.19. The van der Waals surface area contributed by atoms with Crippen LogP contribution in [0, 0.1) is 17.8 Å². The van der Waals surface area contributed by atoms with E-state index in [-0.39, 0.29) is 0 Å². The summed E-state index contributed by atoms with van der Waals surface area (Å²) in [5.74, 6) is 2.52. The van der Waals surface area contributed by atoms with Gasteiger partial charge in [-0.05, 0) is 37.0 Å². The Balaban J connectivity index is 3.59. The van der Waals surface area contributed by atoms with Gasteiger partial charge in [-0.25, -0.2) is 0 Å². The zero-order chi connectivity index (χ0) is 11.0. The standard InChI is InChI=1S/C14H26/c1-6-7-8-9-10-13(4)11-14(5)12(2)3/h6-8,12-14H,1,9-11H2,2-5H3. The summed E-state index contributed by atoms with van der Waals surface area (Å²) in [4.78, 5) is 0. The van der Waals surface area contributed by atoms with Gasteiger partial charge in [0.2, 0.25) is 0 Å². The van der Waals surface area contributed by atoms with Crippen molar-refractivity contribution >= 4 is 0 Å². The van der Waals surface area contributed by atoms with Crippen LogP contribution in [-0.2, 0) is 0 Å². The fraction of sp³-hybridized carbons (Fsp3) is 0.714. The van der Waals surface area contributed by atoms with Gasteiger partial charge in [-0.3, -0.25) is 0 Å². The first-order valence-corrected chi connectivity index (χ1v) is 5.85. The van der Waals surface area contributed by atoms with Gasteiger partial charge in [0.05, 0.1) is 0 Å². The van der Waals surface area contributed by atoms with E-state index in [0.717, 1.165) is 17.8 Å². The van der Waals surface area contributed by atoms with Gasteiger partial charge < -0.3 is 0 Å². The smallest absolute Gasteiger partial charge is 0.0345 e. The van der Waals surface area contributed by atoms with Crippen molar-refractivity contribution in [2.45, 2.75) is 47.0 Å². The zero-order valence-corrected chi connectivity index (χ0v) is 10.3. The van der Waals surface area contributed by atoms with Crippen LogP contribution in [0.3, 0.4) is 0 Å². The molecule has 0 radical (unpaired) electrons. The molecule has 0 aliphatic carbocycles. The number of hydrogen-bond acceptors (Lipinski definition) is 0. The second kappa shape index (κ2) is 7.84. The largest absolute Gasteiger partial charge is 0.0991 e. The molecule has 0 aromatic carbocycles. The van der Waals surface area contributed by atoms with E-state index >= 15 is 0 Å². The van der Waals surface area contributed by atoms with Gasteiger partial charge in [0.15, 0.2) is 0 Å². The van der Waals surface area contributed by atoms with Crippen LogP contribution in [-0.4, -0.2) is 0 Å². The van der Waals surface area contributed by atoms with Crippen LogP contribution in [0.25, 0.3) is 0 Å². The molecule has 0 N–H and O–H groups in total. The van der Waals surface area contributed by atoms with Gasteiger partial charge in [0.25, 0.3) is 0 Å². The van der Waals surface area contributed by atoms with Crippen LogP contribution in [0.5, 0.6) is 0 Å². The van der Waals surface area contributed by atoms with Gasteiger partial charge in [-0.15, -0.1) is 0 Å². The predicted molar refractivity (Wildman–Crippen MR) is 66.4 cm³/mol. The average Bonchev–Trinajstić information content (AvgIpc) is 2.12. The van der Waals surface area contributed by atoms with E-state index in [9.17, 15) is 0 Å². The molecule has 0 heteroatoms.